The molecule has 0 N–H and O–H groups in total. The van der Waals surface area contributed by atoms with Gasteiger partial charge in [0.2, 0.25) is 0 Å². The van der Waals surface area contributed by atoms with Crippen LogP contribution in [0.4, 0.5) is 0 Å². The Morgan fingerprint density at radius 1 is 1.18 bits per heavy atom. The molecule has 0 aliphatic rings. The van der Waals surface area contributed by atoms with Crippen LogP contribution in [0.2, 0.25) is 0 Å². The summed E-state index contributed by atoms with van der Waals surface area (Å²) in [4.78, 5) is 1.88. The third kappa shape index (κ3) is 2.40. The quantitative estimate of drug-likeness (QED) is 0.739. The van der Waals surface area contributed by atoms with Gasteiger partial charge in [-0.25, -0.2) is 4.52 Å². The predicted octanol–water partition coefficient (Wildman–Crippen LogP) is 2.20. The van der Waals surface area contributed by atoms with Crippen molar-refractivity contribution in [2.24, 2.45) is 0 Å². The van der Waals surface area contributed by atoms with Crippen LogP contribution < -0.4 is 0 Å². The van der Waals surface area contributed by atoms with Crippen LogP contribution >= 0.6 is 0 Å². The molecular weight excluding hydrogens is 276 g/mol. The summed E-state index contributed by atoms with van der Waals surface area (Å²) in [6.07, 6.45) is 5.40. The van der Waals surface area contributed by atoms with Gasteiger partial charge in [-0.2, -0.15) is 10.4 Å². The third-order valence-electron chi connectivity index (χ3n) is 3.18. The molecule has 2 aromatic heterocycles. The number of hydrogen-bond donors (Lipinski definition) is 0. The van der Waals surface area contributed by atoms with Gasteiger partial charge in [0.15, 0.2) is 11.3 Å². The van der Waals surface area contributed by atoms with Crippen molar-refractivity contribution < 1.29 is 0 Å². The number of aromatic nitrogens is 4. The predicted molar refractivity (Wildman–Crippen MR) is 83.7 cm³/mol. The molecule has 0 radical (unpaired) electrons. The fraction of sp³-hybridized carbons (Fsp3) is 0.125. The van der Waals surface area contributed by atoms with E-state index < -0.39 is 0 Å². The second-order valence-corrected chi connectivity index (χ2v) is 4.98. The fourth-order valence-electron chi connectivity index (χ4n) is 2.13. The normalized spacial score (nSPS) is 11.0. The summed E-state index contributed by atoms with van der Waals surface area (Å²) in [6, 6.07) is 11.9. The van der Waals surface area contributed by atoms with Crippen LogP contribution in [0.3, 0.4) is 0 Å². The lowest BCUT2D eigenvalue weighted by Crippen LogP contribution is -2.05. The molecule has 1 aromatic carbocycles. The summed E-state index contributed by atoms with van der Waals surface area (Å²) in [7, 11) is 3.82. The van der Waals surface area contributed by atoms with Crippen molar-refractivity contribution in [1.29, 1.82) is 5.26 Å². The maximum absolute atomic E-state index is 9.23. The molecule has 22 heavy (non-hydrogen) atoms. The van der Waals surface area contributed by atoms with E-state index in [1.807, 2.05) is 61.6 Å². The van der Waals surface area contributed by atoms with Crippen molar-refractivity contribution in [2.75, 3.05) is 14.1 Å². The second-order valence-electron chi connectivity index (χ2n) is 4.98. The van der Waals surface area contributed by atoms with Crippen LogP contribution in [0.15, 0.2) is 42.7 Å². The van der Waals surface area contributed by atoms with E-state index in [0.29, 0.717) is 11.3 Å². The van der Waals surface area contributed by atoms with Gasteiger partial charge < -0.3 is 4.90 Å². The maximum Gasteiger partial charge on any atom is 0.188 e. The van der Waals surface area contributed by atoms with Gasteiger partial charge in [0, 0.05) is 25.9 Å². The number of hydrogen-bond acceptors (Lipinski definition) is 5. The molecule has 0 saturated carbocycles. The topological polar surface area (TPSA) is 70.1 Å². The second kappa shape index (κ2) is 5.66. The number of nitriles is 1. The fourth-order valence-corrected chi connectivity index (χ4v) is 2.13. The van der Waals surface area contributed by atoms with Gasteiger partial charge in [-0.3, -0.25) is 0 Å². The molecule has 6 nitrogen and oxygen atoms in total. The zero-order valence-electron chi connectivity index (χ0n) is 12.3. The van der Waals surface area contributed by atoms with Gasteiger partial charge in [-0.05, 0) is 11.6 Å². The van der Waals surface area contributed by atoms with E-state index in [4.69, 9.17) is 0 Å². The van der Waals surface area contributed by atoms with Crippen molar-refractivity contribution >= 4 is 11.7 Å². The zero-order valence-corrected chi connectivity index (χ0v) is 12.3. The van der Waals surface area contributed by atoms with E-state index in [2.05, 4.69) is 21.4 Å². The Kier molecular flexibility index (Phi) is 3.54. The number of fused-ring (bicyclic) bond motifs is 1. The molecule has 0 aliphatic carbocycles. The van der Waals surface area contributed by atoms with Crippen LogP contribution in [0.25, 0.3) is 22.9 Å². The minimum Gasteiger partial charge on any atom is -0.383 e. The highest BCUT2D eigenvalue weighted by atomic mass is 15.3. The molecule has 0 bridgehead atoms. The molecule has 0 aliphatic heterocycles. The Bertz CT molecular complexity index is 871. The number of benzene rings is 1. The Hall–Kier alpha value is -3.20. The lowest BCUT2D eigenvalue weighted by molar-refractivity contribution is 0.567. The highest BCUT2D eigenvalue weighted by molar-refractivity contribution is 5.77. The molecule has 3 rings (SSSR count). The smallest absolute Gasteiger partial charge is 0.188 e. The highest BCUT2D eigenvalue weighted by Gasteiger charge is 2.14. The van der Waals surface area contributed by atoms with E-state index in [0.717, 1.165) is 11.1 Å². The zero-order chi connectivity index (χ0) is 15.5. The third-order valence-corrected chi connectivity index (χ3v) is 3.18. The molecule has 2 heterocycles. The van der Waals surface area contributed by atoms with Crippen molar-refractivity contribution in [2.45, 2.75) is 0 Å². The molecule has 0 saturated heterocycles. The van der Waals surface area contributed by atoms with Gasteiger partial charge >= 0.3 is 0 Å². The van der Waals surface area contributed by atoms with E-state index >= 15 is 0 Å². The summed E-state index contributed by atoms with van der Waals surface area (Å²) >= 11 is 0. The lowest BCUT2D eigenvalue weighted by atomic mass is 10.1. The van der Waals surface area contributed by atoms with Gasteiger partial charge in [0.25, 0.3) is 0 Å². The first-order valence-corrected chi connectivity index (χ1v) is 6.75. The monoisotopic (exact) mass is 290 g/mol. The summed E-state index contributed by atoms with van der Waals surface area (Å²) in [5.74, 6) is 0. The summed E-state index contributed by atoms with van der Waals surface area (Å²) < 4.78 is 1.65. The maximum atomic E-state index is 9.23. The summed E-state index contributed by atoms with van der Waals surface area (Å²) in [5, 5.41) is 21.8. The van der Waals surface area contributed by atoms with Crippen LogP contribution in [0.5, 0.6) is 0 Å². The average molecular weight is 290 g/mol. The average Bonchev–Trinajstić information content (AvgIpc) is 2.97. The first-order valence-electron chi connectivity index (χ1n) is 6.75. The van der Waals surface area contributed by atoms with E-state index in [-0.39, 0.29) is 5.69 Å². The molecule has 0 amide bonds. The Labute approximate surface area is 127 Å². The first kappa shape index (κ1) is 13.8. The van der Waals surface area contributed by atoms with Crippen molar-refractivity contribution in [3.8, 4) is 17.2 Å². The molecule has 0 atom stereocenters. The minimum absolute atomic E-state index is 0.244. The van der Waals surface area contributed by atoms with Crippen LogP contribution in [0, 0.1) is 11.3 Å². The Morgan fingerprint density at radius 2 is 1.95 bits per heavy atom. The molecule has 3 aromatic rings. The molecule has 0 unspecified atom stereocenters. The molecule has 108 valence electrons. The minimum atomic E-state index is 0.244. The van der Waals surface area contributed by atoms with Crippen LogP contribution in [-0.2, 0) is 0 Å². The van der Waals surface area contributed by atoms with Gasteiger partial charge in [0.1, 0.15) is 11.8 Å². The van der Waals surface area contributed by atoms with Crippen LogP contribution in [-0.4, -0.2) is 38.8 Å². The molecular formula is C16H14N6. The Balaban J connectivity index is 2.22. The van der Waals surface area contributed by atoms with Crippen molar-refractivity contribution in [1.82, 2.24) is 24.7 Å². The van der Waals surface area contributed by atoms with Gasteiger partial charge in [-0.1, -0.05) is 30.3 Å². The summed E-state index contributed by atoms with van der Waals surface area (Å²) in [5.41, 5.74) is 3.39. The highest BCUT2D eigenvalue weighted by Crippen LogP contribution is 2.24. The number of nitrogens with zero attached hydrogens (tertiary/aromatic N) is 6. The Morgan fingerprint density at radius 3 is 2.64 bits per heavy atom. The largest absolute Gasteiger partial charge is 0.383 e. The van der Waals surface area contributed by atoms with Crippen LogP contribution in [0.1, 0.15) is 11.4 Å². The molecule has 6 heteroatoms. The van der Waals surface area contributed by atoms with E-state index in [1.165, 1.54) is 0 Å². The number of rotatable bonds is 3. The lowest BCUT2D eigenvalue weighted by Gasteiger charge is -2.05. The van der Waals surface area contributed by atoms with E-state index in [9.17, 15) is 5.26 Å². The van der Waals surface area contributed by atoms with Crippen molar-refractivity contribution in [3.05, 3.63) is 54.1 Å². The first-order chi connectivity index (χ1) is 10.7. The summed E-state index contributed by atoms with van der Waals surface area (Å²) in [6.45, 7) is 0. The van der Waals surface area contributed by atoms with E-state index in [1.54, 1.807) is 10.7 Å². The molecule has 0 spiro atoms. The van der Waals surface area contributed by atoms with Gasteiger partial charge in [-0.15, -0.1) is 10.2 Å². The van der Waals surface area contributed by atoms with Crippen molar-refractivity contribution in [3.63, 3.8) is 0 Å². The standard InChI is InChI=1S/C16H14N6/c1-21(2)9-8-15-14(10-17)19-20-16-13(11-18-22(15)16)12-6-4-3-5-7-12/h3-9,11H,1-2H3/b9-8+. The molecule has 0 fully saturated rings. The van der Waals surface area contributed by atoms with Gasteiger partial charge in [0.05, 0.1) is 6.20 Å². The SMILES string of the molecule is CN(C)/C=C/c1c(C#N)nnc2c(-c3ccccc3)cnn12.